The molecule has 1 saturated carbocycles. The van der Waals surface area contributed by atoms with E-state index >= 15 is 0 Å². The average molecular weight is 277 g/mol. The maximum Gasteiger partial charge on any atom is 0.408 e. The zero-order valence-electron chi connectivity index (χ0n) is 12.2. The summed E-state index contributed by atoms with van der Waals surface area (Å²) in [5, 5.41) is 19.0. The molecule has 20 heavy (non-hydrogen) atoms. The zero-order valence-corrected chi connectivity index (χ0v) is 12.2. The van der Waals surface area contributed by atoms with Crippen LogP contribution in [-0.2, 0) is 5.54 Å². The van der Waals surface area contributed by atoms with Gasteiger partial charge in [0.25, 0.3) is 0 Å². The van der Waals surface area contributed by atoms with E-state index in [0.29, 0.717) is 12.5 Å². The van der Waals surface area contributed by atoms with Crippen LogP contribution in [0, 0.1) is 5.92 Å². The Balaban J connectivity index is 2.27. The fourth-order valence-electron chi connectivity index (χ4n) is 2.88. The van der Waals surface area contributed by atoms with Crippen molar-refractivity contribution >= 4 is 6.09 Å². The Kier molecular flexibility index (Phi) is 4.21. The highest BCUT2D eigenvalue weighted by molar-refractivity contribution is 5.67. The summed E-state index contributed by atoms with van der Waals surface area (Å²) >= 11 is 0. The first kappa shape index (κ1) is 14.7. The van der Waals surface area contributed by atoms with Crippen LogP contribution < -0.4 is 0 Å². The number of phenolic OH excluding ortho intramolecular Hbond substituents is 1. The van der Waals surface area contributed by atoms with E-state index in [9.17, 15) is 15.0 Å². The molecule has 1 amide bonds. The lowest BCUT2D eigenvalue weighted by Crippen LogP contribution is -2.53. The number of hydrogen-bond acceptors (Lipinski definition) is 2. The van der Waals surface area contributed by atoms with Crippen molar-refractivity contribution in [3.05, 3.63) is 29.8 Å². The molecular weight excluding hydrogens is 254 g/mol. The van der Waals surface area contributed by atoms with Crippen LogP contribution in [0.25, 0.3) is 0 Å². The molecule has 1 aliphatic carbocycles. The van der Waals surface area contributed by atoms with Gasteiger partial charge in [0, 0.05) is 6.54 Å². The van der Waals surface area contributed by atoms with E-state index in [0.717, 1.165) is 31.2 Å². The van der Waals surface area contributed by atoms with Gasteiger partial charge in [-0.3, -0.25) is 4.90 Å². The summed E-state index contributed by atoms with van der Waals surface area (Å²) in [5.74, 6) is 0.695. The summed E-state index contributed by atoms with van der Waals surface area (Å²) in [6, 6.07) is 6.97. The Hall–Kier alpha value is -1.71. The molecule has 0 aliphatic heterocycles. The third kappa shape index (κ3) is 2.74. The molecule has 0 saturated heterocycles. The zero-order chi connectivity index (χ0) is 14.8. The predicted octanol–water partition coefficient (Wildman–Crippen LogP) is 3.80. The molecule has 0 unspecified atom stereocenters. The van der Waals surface area contributed by atoms with Crippen LogP contribution >= 0.6 is 0 Å². The highest BCUT2D eigenvalue weighted by Gasteiger charge is 2.46. The van der Waals surface area contributed by atoms with Gasteiger partial charge >= 0.3 is 6.09 Å². The van der Waals surface area contributed by atoms with Crippen molar-refractivity contribution in [3.63, 3.8) is 0 Å². The molecule has 110 valence electrons. The molecular formula is C16H23NO3. The smallest absolute Gasteiger partial charge is 0.408 e. The number of phenols is 1. The maximum absolute atomic E-state index is 11.7. The van der Waals surface area contributed by atoms with Gasteiger partial charge in [-0.1, -0.05) is 26.0 Å². The largest absolute Gasteiger partial charge is 0.508 e. The van der Waals surface area contributed by atoms with E-state index < -0.39 is 11.6 Å². The molecule has 1 fully saturated rings. The molecule has 0 spiro atoms. The van der Waals surface area contributed by atoms with Crippen LogP contribution in [0.5, 0.6) is 5.75 Å². The maximum atomic E-state index is 11.7. The molecule has 0 atom stereocenters. The first-order chi connectivity index (χ1) is 9.45. The van der Waals surface area contributed by atoms with E-state index in [-0.39, 0.29) is 5.75 Å². The molecule has 1 aromatic carbocycles. The average Bonchev–Trinajstić information content (AvgIpc) is 2.33. The molecule has 1 aromatic rings. The van der Waals surface area contributed by atoms with Gasteiger partial charge in [-0.15, -0.1) is 0 Å². The standard InChI is InChI=1S/C16H23NO3/c1-12(2)8-11-17(15(19)20)16(9-3-10-16)13-4-6-14(18)7-5-13/h4-7,12,18H,3,8-11H2,1-2H3,(H,19,20). The minimum Gasteiger partial charge on any atom is -0.508 e. The van der Waals surface area contributed by atoms with Crippen LogP contribution in [0.2, 0.25) is 0 Å². The molecule has 0 radical (unpaired) electrons. The molecule has 4 heteroatoms. The third-order valence-electron chi connectivity index (χ3n) is 4.26. The van der Waals surface area contributed by atoms with Crippen molar-refractivity contribution in [1.82, 2.24) is 4.90 Å². The normalized spacial score (nSPS) is 16.8. The fourth-order valence-corrected chi connectivity index (χ4v) is 2.88. The Morgan fingerprint density at radius 1 is 1.30 bits per heavy atom. The van der Waals surface area contributed by atoms with E-state index in [1.807, 2.05) is 12.1 Å². The number of hydrogen-bond donors (Lipinski definition) is 2. The molecule has 2 N–H and O–H groups in total. The second-order valence-corrected chi connectivity index (χ2v) is 6.05. The van der Waals surface area contributed by atoms with Crippen molar-refractivity contribution in [2.75, 3.05) is 6.54 Å². The summed E-state index contributed by atoms with van der Waals surface area (Å²) in [7, 11) is 0. The van der Waals surface area contributed by atoms with Crippen LogP contribution in [0.15, 0.2) is 24.3 Å². The fraction of sp³-hybridized carbons (Fsp3) is 0.562. The number of rotatable bonds is 5. The number of benzene rings is 1. The molecule has 2 rings (SSSR count). The minimum atomic E-state index is -0.849. The molecule has 0 heterocycles. The van der Waals surface area contributed by atoms with Crippen molar-refractivity contribution in [3.8, 4) is 5.75 Å². The van der Waals surface area contributed by atoms with Crippen molar-refractivity contribution in [2.24, 2.45) is 5.92 Å². The van der Waals surface area contributed by atoms with E-state index in [1.54, 1.807) is 17.0 Å². The second-order valence-electron chi connectivity index (χ2n) is 6.05. The third-order valence-corrected chi connectivity index (χ3v) is 4.26. The summed E-state index contributed by atoms with van der Waals surface area (Å²) < 4.78 is 0. The van der Waals surface area contributed by atoms with Crippen LogP contribution in [-0.4, -0.2) is 27.8 Å². The van der Waals surface area contributed by atoms with Gasteiger partial charge in [-0.2, -0.15) is 0 Å². The highest BCUT2D eigenvalue weighted by atomic mass is 16.4. The van der Waals surface area contributed by atoms with Gasteiger partial charge in [-0.25, -0.2) is 4.79 Å². The summed E-state index contributed by atoms with van der Waals surface area (Å²) in [6.07, 6.45) is 2.79. The topological polar surface area (TPSA) is 60.8 Å². The molecule has 0 bridgehead atoms. The lowest BCUT2D eigenvalue weighted by Gasteiger charge is -2.49. The van der Waals surface area contributed by atoms with Crippen molar-refractivity contribution < 1.29 is 15.0 Å². The van der Waals surface area contributed by atoms with E-state index in [1.165, 1.54) is 0 Å². The van der Waals surface area contributed by atoms with Crippen molar-refractivity contribution in [2.45, 2.75) is 45.1 Å². The number of carboxylic acid groups (broad SMARTS) is 1. The monoisotopic (exact) mass is 277 g/mol. The lowest BCUT2D eigenvalue weighted by molar-refractivity contribution is 0.0171. The van der Waals surface area contributed by atoms with Gasteiger partial charge < -0.3 is 10.2 Å². The van der Waals surface area contributed by atoms with Gasteiger partial charge in [0.2, 0.25) is 0 Å². The Labute approximate surface area is 120 Å². The van der Waals surface area contributed by atoms with E-state index in [2.05, 4.69) is 13.8 Å². The molecule has 1 aliphatic rings. The predicted molar refractivity (Wildman–Crippen MR) is 77.8 cm³/mol. The van der Waals surface area contributed by atoms with Crippen LogP contribution in [0.4, 0.5) is 4.79 Å². The molecule has 4 nitrogen and oxygen atoms in total. The van der Waals surface area contributed by atoms with Crippen LogP contribution in [0.1, 0.15) is 45.1 Å². The number of amides is 1. The Bertz CT molecular complexity index is 463. The Morgan fingerprint density at radius 2 is 1.90 bits per heavy atom. The first-order valence-electron chi connectivity index (χ1n) is 7.26. The number of nitrogens with zero attached hydrogens (tertiary/aromatic N) is 1. The van der Waals surface area contributed by atoms with Gasteiger partial charge in [0.15, 0.2) is 0 Å². The summed E-state index contributed by atoms with van der Waals surface area (Å²) in [4.78, 5) is 13.3. The lowest BCUT2D eigenvalue weighted by atomic mass is 9.70. The summed E-state index contributed by atoms with van der Waals surface area (Å²) in [6.45, 7) is 4.77. The van der Waals surface area contributed by atoms with Gasteiger partial charge in [0.05, 0.1) is 5.54 Å². The second kappa shape index (κ2) is 5.73. The summed E-state index contributed by atoms with van der Waals surface area (Å²) in [5.41, 5.74) is 0.599. The van der Waals surface area contributed by atoms with Crippen molar-refractivity contribution in [1.29, 1.82) is 0 Å². The first-order valence-corrected chi connectivity index (χ1v) is 7.26. The quantitative estimate of drug-likeness (QED) is 0.860. The van der Waals surface area contributed by atoms with Gasteiger partial charge in [-0.05, 0) is 49.3 Å². The number of carbonyl (C=O) groups is 1. The Morgan fingerprint density at radius 3 is 2.30 bits per heavy atom. The SMILES string of the molecule is CC(C)CCN(C(=O)O)C1(c2ccc(O)cc2)CCC1. The highest BCUT2D eigenvalue weighted by Crippen LogP contribution is 2.47. The van der Waals surface area contributed by atoms with Crippen LogP contribution in [0.3, 0.4) is 0 Å². The minimum absolute atomic E-state index is 0.215. The molecule has 0 aromatic heterocycles. The van der Waals surface area contributed by atoms with Gasteiger partial charge in [0.1, 0.15) is 5.75 Å². The van der Waals surface area contributed by atoms with E-state index in [4.69, 9.17) is 0 Å². The number of aromatic hydroxyl groups is 1.